The minimum Gasteiger partial charge on any atom is -0.478 e. The molecular weight excluding hydrogens is 265 g/mol. The first-order chi connectivity index (χ1) is 9.40. The second-order valence-electron chi connectivity index (χ2n) is 4.24. The van der Waals surface area contributed by atoms with Gasteiger partial charge in [0.1, 0.15) is 5.82 Å². The summed E-state index contributed by atoms with van der Waals surface area (Å²) in [5.74, 6) is -1.73. The minimum atomic E-state index is -1.27. The van der Waals surface area contributed by atoms with Crippen molar-refractivity contribution in [3.63, 3.8) is 0 Å². The zero-order valence-corrected chi connectivity index (χ0v) is 10.5. The van der Waals surface area contributed by atoms with E-state index in [4.69, 9.17) is 5.11 Å². The van der Waals surface area contributed by atoms with Gasteiger partial charge in [-0.3, -0.25) is 10.1 Å². The molecule has 0 saturated carbocycles. The average Bonchev–Trinajstić information content (AvgIpc) is 2.41. The third-order valence-corrected chi connectivity index (χ3v) is 2.95. The fraction of sp³-hybridized carbons (Fsp3) is 0.0714. The smallest absolute Gasteiger partial charge is 0.335 e. The Bertz CT molecular complexity index is 680. The van der Waals surface area contributed by atoms with Crippen LogP contribution in [0.25, 0.3) is 11.1 Å². The van der Waals surface area contributed by atoms with Crippen LogP contribution in [0.5, 0.6) is 0 Å². The first-order valence-corrected chi connectivity index (χ1v) is 5.68. The number of rotatable bonds is 3. The molecule has 20 heavy (non-hydrogen) atoms. The molecule has 0 aliphatic carbocycles. The summed E-state index contributed by atoms with van der Waals surface area (Å²) < 4.78 is 13.5. The first-order valence-electron chi connectivity index (χ1n) is 5.68. The molecule has 0 atom stereocenters. The van der Waals surface area contributed by atoms with Gasteiger partial charge in [-0.2, -0.15) is 0 Å². The average molecular weight is 275 g/mol. The van der Waals surface area contributed by atoms with Crippen LogP contribution in [-0.2, 0) is 0 Å². The summed E-state index contributed by atoms with van der Waals surface area (Å²) >= 11 is 0. The summed E-state index contributed by atoms with van der Waals surface area (Å²) in [6.45, 7) is 1.53. The topological polar surface area (TPSA) is 80.4 Å². The minimum absolute atomic E-state index is 0.210. The van der Waals surface area contributed by atoms with Crippen LogP contribution in [0.3, 0.4) is 0 Å². The highest BCUT2D eigenvalue weighted by Gasteiger charge is 2.16. The van der Waals surface area contributed by atoms with E-state index in [0.717, 1.165) is 6.07 Å². The summed E-state index contributed by atoms with van der Waals surface area (Å²) in [6.07, 6.45) is 0. The normalized spacial score (nSPS) is 10.3. The molecule has 0 unspecified atom stereocenters. The van der Waals surface area contributed by atoms with E-state index in [-0.39, 0.29) is 11.3 Å². The lowest BCUT2D eigenvalue weighted by Gasteiger charge is -2.08. The SMILES string of the molecule is Cc1c(F)cccc1-c1cc(C(=O)O)cc([N+](=O)[O-])c1. The van der Waals surface area contributed by atoms with Crippen LogP contribution >= 0.6 is 0 Å². The molecule has 2 aromatic rings. The van der Waals surface area contributed by atoms with Crippen LogP contribution < -0.4 is 0 Å². The van der Waals surface area contributed by atoms with Gasteiger partial charge in [0.15, 0.2) is 0 Å². The fourth-order valence-electron chi connectivity index (χ4n) is 1.92. The number of non-ortho nitro benzene ring substituents is 1. The van der Waals surface area contributed by atoms with Crippen molar-refractivity contribution in [2.75, 3.05) is 0 Å². The van der Waals surface area contributed by atoms with Gasteiger partial charge in [0.05, 0.1) is 10.5 Å². The molecule has 2 rings (SSSR count). The Morgan fingerprint density at radius 1 is 1.30 bits per heavy atom. The van der Waals surface area contributed by atoms with Crippen LogP contribution in [-0.4, -0.2) is 16.0 Å². The Kier molecular flexibility index (Phi) is 3.47. The monoisotopic (exact) mass is 275 g/mol. The Labute approximate surface area is 113 Å². The first kappa shape index (κ1) is 13.7. The molecule has 0 fully saturated rings. The van der Waals surface area contributed by atoms with E-state index in [9.17, 15) is 19.3 Å². The molecule has 0 aliphatic heterocycles. The highest BCUT2D eigenvalue weighted by Crippen LogP contribution is 2.29. The quantitative estimate of drug-likeness (QED) is 0.687. The largest absolute Gasteiger partial charge is 0.478 e. The molecule has 102 valence electrons. The van der Waals surface area contributed by atoms with Gasteiger partial charge in [-0.25, -0.2) is 9.18 Å². The number of carbonyl (C=O) groups is 1. The summed E-state index contributed by atoms with van der Waals surface area (Å²) in [5, 5.41) is 19.8. The lowest BCUT2D eigenvalue weighted by atomic mass is 9.98. The van der Waals surface area contributed by atoms with Crippen LogP contribution in [0.4, 0.5) is 10.1 Å². The second kappa shape index (κ2) is 5.08. The molecule has 1 N–H and O–H groups in total. The zero-order chi connectivity index (χ0) is 14.9. The van der Waals surface area contributed by atoms with E-state index in [1.54, 1.807) is 6.07 Å². The molecule has 0 saturated heterocycles. The van der Waals surface area contributed by atoms with Gasteiger partial charge < -0.3 is 5.11 Å². The highest BCUT2D eigenvalue weighted by molar-refractivity contribution is 5.90. The lowest BCUT2D eigenvalue weighted by Crippen LogP contribution is -2.00. The predicted octanol–water partition coefficient (Wildman–Crippen LogP) is 3.41. The third-order valence-electron chi connectivity index (χ3n) is 2.95. The number of carboxylic acids is 1. The van der Waals surface area contributed by atoms with Crippen molar-refractivity contribution in [1.29, 1.82) is 0 Å². The van der Waals surface area contributed by atoms with Crippen molar-refractivity contribution < 1.29 is 19.2 Å². The van der Waals surface area contributed by atoms with Gasteiger partial charge in [0, 0.05) is 12.1 Å². The maximum absolute atomic E-state index is 13.5. The molecule has 5 nitrogen and oxygen atoms in total. The number of nitro groups is 1. The summed E-state index contributed by atoms with van der Waals surface area (Å²) in [5.41, 5.74) is 0.482. The Balaban J connectivity index is 2.70. The number of nitro benzene ring substituents is 1. The number of aromatic carboxylic acids is 1. The maximum Gasteiger partial charge on any atom is 0.335 e. The Hall–Kier alpha value is -2.76. The zero-order valence-electron chi connectivity index (χ0n) is 10.5. The molecule has 0 aromatic heterocycles. The summed E-state index contributed by atoms with van der Waals surface area (Å²) in [7, 11) is 0. The maximum atomic E-state index is 13.5. The standard InChI is InChI=1S/C14H10FNO4/c1-8-12(3-2-4-13(8)15)9-5-10(14(17)18)7-11(6-9)16(19)20/h2-7H,1H3,(H,17,18). The molecule has 0 amide bonds. The number of benzene rings is 2. The number of hydrogen-bond donors (Lipinski definition) is 1. The van der Waals surface area contributed by atoms with E-state index in [1.807, 2.05) is 0 Å². The fourth-order valence-corrected chi connectivity index (χ4v) is 1.92. The molecule has 0 radical (unpaired) electrons. The summed E-state index contributed by atoms with van der Waals surface area (Å²) in [6, 6.07) is 7.82. The molecule has 0 heterocycles. The van der Waals surface area contributed by atoms with Crippen molar-refractivity contribution >= 4 is 11.7 Å². The van der Waals surface area contributed by atoms with Crippen molar-refractivity contribution in [1.82, 2.24) is 0 Å². The van der Waals surface area contributed by atoms with Gasteiger partial charge in [-0.05, 0) is 35.7 Å². The van der Waals surface area contributed by atoms with E-state index in [1.165, 1.54) is 31.2 Å². The molecule has 6 heteroatoms. The van der Waals surface area contributed by atoms with Crippen molar-refractivity contribution in [3.05, 3.63) is 63.5 Å². The van der Waals surface area contributed by atoms with Gasteiger partial charge in [-0.1, -0.05) is 12.1 Å². The van der Waals surface area contributed by atoms with Crippen LogP contribution in [0.15, 0.2) is 36.4 Å². The number of nitrogens with zero attached hydrogens (tertiary/aromatic N) is 1. The molecule has 0 bridgehead atoms. The van der Waals surface area contributed by atoms with E-state index in [0.29, 0.717) is 16.7 Å². The van der Waals surface area contributed by atoms with E-state index < -0.39 is 16.7 Å². The Morgan fingerprint density at radius 2 is 2.00 bits per heavy atom. The van der Waals surface area contributed by atoms with Crippen LogP contribution in [0, 0.1) is 22.9 Å². The molecule has 0 aliphatic rings. The lowest BCUT2D eigenvalue weighted by molar-refractivity contribution is -0.384. The van der Waals surface area contributed by atoms with Gasteiger partial charge in [0.25, 0.3) is 5.69 Å². The number of halogens is 1. The van der Waals surface area contributed by atoms with Crippen LogP contribution in [0.1, 0.15) is 15.9 Å². The molecule has 2 aromatic carbocycles. The van der Waals surface area contributed by atoms with Crippen molar-refractivity contribution in [2.45, 2.75) is 6.92 Å². The third kappa shape index (κ3) is 2.49. The van der Waals surface area contributed by atoms with E-state index in [2.05, 4.69) is 0 Å². The molecule has 0 spiro atoms. The van der Waals surface area contributed by atoms with Crippen molar-refractivity contribution in [3.8, 4) is 11.1 Å². The highest BCUT2D eigenvalue weighted by atomic mass is 19.1. The van der Waals surface area contributed by atoms with Crippen molar-refractivity contribution in [2.24, 2.45) is 0 Å². The van der Waals surface area contributed by atoms with Crippen LogP contribution in [0.2, 0.25) is 0 Å². The number of carboxylic acid groups (broad SMARTS) is 1. The second-order valence-corrected chi connectivity index (χ2v) is 4.24. The van der Waals surface area contributed by atoms with Gasteiger partial charge >= 0.3 is 5.97 Å². The molecular formula is C14H10FNO4. The van der Waals surface area contributed by atoms with Gasteiger partial charge in [-0.15, -0.1) is 0 Å². The Morgan fingerprint density at radius 3 is 2.60 bits per heavy atom. The predicted molar refractivity (Wildman–Crippen MR) is 70.2 cm³/mol. The van der Waals surface area contributed by atoms with E-state index >= 15 is 0 Å². The number of hydrogen-bond acceptors (Lipinski definition) is 3. The summed E-state index contributed by atoms with van der Waals surface area (Å²) in [4.78, 5) is 21.2. The van der Waals surface area contributed by atoms with Gasteiger partial charge in [0.2, 0.25) is 0 Å².